The van der Waals surface area contributed by atoms with Gasteiger partial charge in [0.15, 0.2) is 5.82 Å². The van der Waals surface area contributed by atoms with Crippen LogP contribution in [0.15, 0.2) is 90.2 Å². The van der Waals surface area contributed by atoms with Gasteiger partial charge in [-0.15, -0.1) is 0 Å². The molecule has 0 amide bonds. The molecule has 10 heteroatoms. The number of ether oxygens (including phenoxy) is 1. The van der Waals surface area contributed by atoms with Gasteiger partial charge in [0.1, 0.15) is 0 Å². The van der Waals surface area contributed by atoms with Crippen molar-refractivity contribution in [1.29, 1.82) is 5.26 Å². The second-order valence-corrected chi connectivity index (χ2v) is 9.85. The summed E-state index contributed by atoms with van der Waals surface area (Å²) in [6.07, 6.45) is 7.48. The van der Waals surface area contributed by atoms with Gasteiger partial charge in [-0.05, 0) is 29.8 Å². The quantitative estimate of drug-likeness (QED) is 0.292. The van der Waals surface area contributed by atoms with Crippen LogP contribution >= 0.6 is 0 Å². The van der Waals surface area contributed by atoms with Crippen LogP contribution in [0, 0.1) is 11.3 Å². The topological polar surface area (TPSA) is 115 Å². The fraction of sp³-hybridized carbons (Fsp3) is 0.226. The molecule has 6 rings (SSSR count). The predicted molar refractivity (Wildman–Crippen MR) is 154 cm³/mol. The number of benzene rings is 2. The normalized spacial score (nSPS) is 13.6. The van der Waals surface area contributed by atoms with Crippen LogP contribution in [0.4, 0.5) is 0 Å². The molecule has 3 aromatic heterocycles. The molecule has 0 aliphatic carbocycles. The van der Waals surface area contributed by atoms with E-state index in [4.69, 9.17) is 4.74 Å². The van der Waals surface area contributed by atoms with Gasteiger partial charge in [0.05, 0.1) is 49.8 Å². The van der Waals surface area contributed by atoms with E-state index in [2.05, 4.69) is 31.1 Å². The number of nitriles is 1. The van der Waals surface area contributed by atoms with Gasteiger partial charge in [0.2, 0.25) is 0 Å². The van der Waals surface area contributed by atoms with Crippen molar-refractivity contribution in [3.63, 3.8) is 0 Å². The summed E-state index contributed by atoms with van der Waals surface area (Å²) in [4.78, 5) is 24.2. The summed E-state index contributed by atoms with van der Waals surface area (Å²) in [5, 5.41) is 18.3. The van der Waals surface area contributed by atoms with Crippen LogP contribution in [0.3, 0.4) is 0 Å². The second kappa shape index (κ2) is 12.0. The molecule has 0 bridgehead atoms. The van der Waals surface area contributed by atoms with Crippen molar-refractivity contribution in [2.24, 2.45) is 0 Å². The van der Waals surface area contributed by atoms with Crippen LogP contribution in [-0.4, -0.2) is 67.3 Å². The minimum atomic E-state index is -0.207. The van der Waals surface area contributed by atoms with Gasteiger partial charge in [-0.3, -0.25) is 14.4 Å². The molecule has 4 heterocycles. The summed E-state index contributed by atoms with van der Waals surface area (Å²) in [5.41, 5.74) is 5.35. The highest BCUT2D eigenvalue weighted by Crippen LogP contribution is 2.22. The first kappa shape index (κ1) is 26.3. The molecule has 1 fully saturated rings. The Hall–Kier alpha value is -4.98. The highest BCUT2D eigenvalue weighted by atomic mass is 16.5. The Bertz CT molecular complexity index is 1750. The van der Waals surface area contributed by atoms with Crippen molar-refractivity contribution >= 4 is 0 Å². The number of hydrogen-bond acceptors (Lipinski definition) is 8. The molecule has 0 spiro atoms. The van der Waals surface area contributed by atoms with Crippen molar-refractivity contribution in [3.8, 4) is 39.8 Å². The van der Waals surface area contributed by atoms with Crippen molar-refractivity contribution < 1.29 is 4.74 Å². The second-order valence-electron chi connectivity index (χ2n) is 9.85. The Morgan fingerprint density at radius 3 is 2.49 bits per heavy atom. The van der Waals surface area contributed by atoms with E-state index >= 15 is 0 Å². The maximum atomic E-state index is 12.6. The van der Waals surface area contributed by atoms with E-state index in [1.165, 1.54) is 10.7 Å². The van der Waals surface area contributed by atoms with Gasteiger partial charge in [0, 0.05) is 66.5 Å². The average Bonchev–Trinajstić information content (AvgIpc) is 3.51. The summed E-state index contributed by atoms with van der Waals surface area (Å²) in [6, 6.07) is 20.3. The van der Waals surface area contributed by atoms with Crippen molar-refractivity contribution in [1.82, 2.24) is 34.4 Å². The van der Waals surface area contributed by atoms with Crippen molar-refractivity contribution in [3.05, 3.63) is 107 Å². The fourth-order valence-electron chi connectivity index (χ4n) is 4.78. The Kier molecular flexibility index (Phi) is 7.71. The molecule has 0 atom stereocenters. The average molecular weight is 545 g/mol. The monoisotopic (exact) mass is 544 g/mol. The standard InChI is InChI=1S/C31H28N8O2/c32-17-23-3-1-5-25(15-23)29-7-8-30(40)39(36-29)21-24-4-2-6-26(16-24)31-33-18-27(19-34-31)28-20-35-38(22-28)10-9-37-11-13-41-14-12-37/h1-8,15-16,18-20,22H,9-14,21H2. The minimum Gasteiger partial charge on any atom is -0.379 e. The highest BCUT2D eigenvalue weighted by Gasteiger charge is 2.12. The lowest BCUT2D eigenvalue weighted by Crippen LogP contribution is -2.38. The lowest BCUT2D eigenvalue weighted by atomic mass is 10.1. The molecule has 2 aromatic carbocycles. The third-order valence-corrected chi connectivity index (χ3v) is 7.04. The number of hydrogen-bond donors (Lipinski definition) is 0. The Morgan fingerprint density at radius 2 is 1.66 bits per heavy atom. The Balaban J connectivity index is 1.15. The SMILES string of the molecule is N#Cc1cccc(-c2ccc(=O)n(Cc3cccc(-c4ncc(-c5cnn(CCN6CCOCC6)c5)cn4)c3)n2)c1. The van der Waals surface area contributed by atoms with E-state index in [1.807, 2.05) is 59.8 Å². The molecule has 5 aromatic rings. The zero-order valence-electron chi connectivity index (χ0n) is 22.4. The maximum absolute atomic E-state index is 12.6. The summed E-state index contributed by atoms with van der Waals surface area (Å²) < 4.78 is 8.79. The third-order valence-electron chi connectivity index (χ3n) is 7.04. The van der Waals surface area contributed by atoms with Gasteiger partial charge in [-0.25, -0.2) is 14.6 Å². The summed E-state index contributed by atoms with van der Waals surface area (Å²) in [6.45, 7) is 5.55. The summed E-state index contributed by atoms with van der Waals surface area (Å²) >= 11 is 0. The lowest BCUT2D eigenvalue weighted by Gasteiger charge is -2.26. The summed E-state index contributed by atoms with van der Waals surface area (Å²) in [5.74, 6) is 0.595. The molecule has 0 unspecified atom stereocenters. The molecule has 204 valence electrons. The van der Waals surface area contributed by atoms with Crippen molar-refractivity contribution in [2.75, 3.05) is 32.8 Å². The first-order valence-corrected chi connectivity index (χ1v) is 13.5. The predicted octanol–water partition coefficient (Wildman–Crippen LogP) is 3.48. The Labute approximate surface area is 237 Å². The lowest BCUT2D eigenvalue weighted by molar-refractivity contribution is 0.0360. The number of rotatable bonds is 8. The van der Waals surface area contributed by atoms with Gasteiger partial charge >= 0.3 is 0 Å². The number of aromatic nitrogens is 6. The molecule has 41 heavy (non-hydrogen) atoms. The number of morpholine rings is 1. The van der Waals surface area contributed by atoms with E-state index in [1.54, 1.807) is 24.3 Å². The zero-order valence-corrected chi connectivity index (χ0v) is 22.4. The Morgan fingerprint density at radius 1 is 0.854 bits per heavy atom. The maximum Gasteiger partial charge on any atom is 0.267 e. The molecule has 0 radical (unpaired) electrons. The molecule has 1 aliphatic heterocycles. The molecule has 10 nitrogen and oxygen atoms in total. The first-order valence-electron chi connectivity index (χ1n) is 13.5. The largest absolute Gasteiger partial charge is 0.379 e. The van der Waals surface area contributed by atoms with Crippen LogP contribution < -0.4 is 5.56 Å². The van der Waals surface area contributed by atoms with Crippen LogP contribution in [0.2, 0.25) is 0 Å². The van der Waals surface area contributed by atoms with Crippen LogP contribution in [0.5, 0.6) is 0 Å². The van der Waals surface area contributed by atoms with Crippen LogP contribution in [-0.2, 0) is 17.8 Å². The number of nitrogens with zero attached hydrogens (tertiary/aromatic N) is 8. The van der Waals surface area contributed by atoms with E-state index in [0.717, 1.165) is 67.2 Å². The molecule has 0 N–H and O–H groups in total. The molecule has 1 aliphatic rings. The first-order chi connectivity index (χ1) is 20.1. The van der Waals surface area contributed by atoms with Gasteiger partial charge in [-0.1, -0.05) is 30.3 Å². The van der Waals surface area contributed by atoms with E-state index < -0.39 is 0 Å². The van der Waals surface area contributed by atoms with Gasteiger partial charge in [-0.2, -0.15) is 15.5 Å². The molecule has 1 saturated heterocycles. The van der Waals surface area contributed by atoms with E-state index in [-0.39, 0.29) is 5.56 Å². The van der Waals surface area contributed by atoms with E-state index in [9.17, 15) is 10.1 Å². The van der Waals surface area contributed by atoms with Gasteiger partial charge < -0.3 is 4.74 Å². The highest BCUT2D eigenvalue weighted by molar-refractivity contribution is 5.63. The minimum absolute atomic E-state index is 0.207. The third kappa shape index (κ3) is 6.27. The smallest absolute Gasteiger partial charge is 0.267 e. The zero-order chi connectivity index (χ0) is 28.0. The molecular formula is C31H28N8O2. The van der Waals surface area contributed by atoms with Crippen molar-refractivity contribution in [2.45, 2.75) is 13.1 Å². The summed E-state index contributed by atoms with van der Waals surface area (Å²) in [7, 11) is 0. The van der Waals surface area contributed by atoms with E-state index in [0.29, 0.717) is 23.6 Å². The molecular weight excluding hydrogens is 516 g/mol. The van der Waals surface area contributed by atoms with Crippen LogP contribution in [0.25, 0.3) is 33.8 Å². The van der Waals surface area contributed by atoms with Crippen LogP contribution in [0.1, 0.15) is 11.1 Å². The molecule has 0 saturated carbocycles. The van der Waals surface area contributed by atoms with Gasteiger partial charge in [0.25, 0.3) is 5.56 Å². The fourth-order valence-corrected chi connectivity index (χ4v) is 4.78.